The molecule has 1 aliphatic heterocycles. The summed E-state index contributed by atoms with van der Waals surface area (Å²) >= 11 is 6.51. The normalized spacial score (nSPS) is 21.0. The van der Waals surface area contributed by atoms with Crippen LogP contribution in [0.3, 0.4) is 0 Å². The Kier molecular flexibility index (Phi) is 5.70. The van der Waals surface area contributed by atoms with Gasteiger partial charge in [-0.1, -0.05) is 30.7 Å². The maximum absolute atomic E-state index is 6.51. The lowest BCUT2D eigenvalue weighted by atomic mass is 10.1. The molecule has 1 saturated heterocycles. The number of hydrogen-bond acceptors (Lipinski definition) is 3. The minimum Gasteiger partial charge on any atom is -0.366 e. The molecule has 1 aromatic rings. The van der Waals surface area contributed by atoms with Gasteiger partial charge in [-0.15, -0.1) is 0 Å². The quantitative estimate of drug-likeness (QED) is 0.921. The van der Waals surface area contributed by atoms with Crippen molar-refractivity contribution >= 4 is 17.3 Å². The lowest BCUT2D eigenvalue weighted by Crippen LogP contribution is -2.38. The fraction of sp³-hybridized carbons (Fsp3) is 0.625. The second kappa shape index (κ2) is 7.30. The first kappa shape index (κ1) is 15.6. The van der Waals surface area contributed by atoms with Crippen LogP contribution in [0.15, 0.2) is 18.2 Å². The second-order valence-corrected chi connectivity index (χ2v) is 6.09. The molecule has 0 saturated carbocycles. The molecule has 0 aliphatic carbocycles. The van der Waals surface area contributed by atoms with E-state index in [4.69, 9.17) is 11.6 Å². The van der Waals surface area contributed by atoms with Crippen molar-refractivity contribution in [1.82, 2.24) is 10.2 Å². The van der Waals surface area contributed by atoms with Gasteiger partial charge in [0.05, 0.1) is 10.7 Å². The van der Waals surface area contributed by atoms with Crippen LogP contribution in [0.2, 0.25) is 5.02 Å². The van der Waals surface area contributed by atoms with Gasteiger partial charge >= 0.3 is 0 Å². The summed E-state index contributed by atoms with van der Waals surface area (Å²) in [6.45, 7) is 9.61. The third-order valence-electron chi connectivity index (χ3n) is 3.97. The van der Waals surface area contributed by atoms with Crippen LogP contribution in [0.5, 0.6) is 0 Å². The maximum atomic E-state index is 6.51. The maximum Gasteiger partial charge on any atom is 0.0643 e. The Morgan fingerprint density at radius 3 is 2.90 bits per heavy atom. The Balaban J connectivity index is 2.29. The molecule has 1 unspecified atom stereocenters. The predicted octanol–water partition coefficient (Wildman–Crippen LogP) is 2.98. The zero-order valence-corrected chi connectivity index (χ0v) is 13.6. The van der Waals surface area contributed by atoms with Crippen LogP contribution in [0.25, 0.3) is 0 Å². The van der Waals surface area contributed by atoms with Crippen LogP contribution in [-0.4, -0.2) is 44.2 Å². The van der Waals surface area contributed by atoms with Gasteiger partial charge in [-0.05, 0) is 45.1 Å². The fourth-order valence-corrected chi connectivity index (χ4v) is 3.29. The van der Waals surface area contributed by atoms with Crippen LogP contribution >= 0.6 is 11.6 Å². The first-order valence-corrected chi connectivity index (χ1v) is 7.94. The summed E-state index contributed by atoms with van der Waals surface area (Å²) in [5.74, 6) is 0. The molecule has 1 fully saturated rings. The highest BCUT2D eigenvalue weighted by atomic mass is 35.5. The molecule has 4 heteroatoms. The molecular weight excluding hydrogens is 270 g/mol. The van der Waals surface area contributed by atoms with Gasteiger partial charge in [0.15, 0.2) is 0 Å². The summed E-state index contributed by atoms with van der Waals surface area (Å²) in [4.78, 5) is 4.89. The summed E-state index contributed by atoms with van der Waals surface area (Å²) in [6.07, 6.45) is 1.19. The van der Waals surface area contributed by atoms with E-state index in [0.29, 0.717) is 6.04 Å². The van der Waals surface area contributed by atoms with Crippen molar-refractivity contribution in [3.63, 3.8) is 0 Å². The summed E-state index contributed by atoms with van der Waals surface area (Å²) in [6, 6.07) is 6.73. The van der Waals surface area contributed by atoms with E-state index in [9.17, 15) is 0 Å². The van der Waals surface area contributed by atoms with Crippen LogP contribution in [0, 0.1) is 0 Å². The smallest absolute Gasteiger partial charge is 0.0643 e. The summed E-state index contributed by atoms with van der Waals surface area (Å²) in [5, 5.41) is 4.29. The molecule has 0 radical (unpaired) electrons. The van der Waals surface area contributed by atoms with Crippen LogP contribution in [-0.2, 0) is 6.54 Å². The zero-order valence-electron chi connectivity index (χ0n) is 12.8. The van der Waals surface area contributed by atoms with Crippen molar-refractivity contribution < 1.29 is 0 Å². The van der Waals surface area contributed by atoms with E-state index in [0.717, 1.165) is 37.7 Å². The van der Waals surface area contributed by atoms with Gasteiger partial charge < -0.3 is 15.1 Å². The Morgan fingerprint density at radius 1 is 1.35 bits per heavy atom. The molecule has 0 aromatic heterocycles. The van der Waals surface area contributed by atoms with Crippen molar-refractivity contribution in [2.24, 2.45) is 0 Å². The molecule has 112 valence electrons. The molecule has 2 rings (SSSR count). The minimum absolute atomic E-state index is 0.489. The van der Waals surface area contributed by atoms with E-state index < -0.39 is 0 Å². The predicted molar refractivity (Wildman–Crippen MR) is 87.8 cm³/mol. The van der Waals surface area contributed by atoms with E-state index in [1.807, 2.05) is 12.1 Å². The SMILES string of the molecule is CCNCc1cccc(Cl)c1N1CCCN(C)CC1C. The second-order valence-electron chi connectivity index (χ2n) is 5.69. The third kappa shape index (κ3) is 3.66. The molecule has 0 spiro atoms. The van der Waals surface area contributed by atoms with Gasteiger partial charge in [0.25, 0.3) is 0 Å². The van der Waals surface area contributed by atoms with Gasteiger partial charge in [0, 0.05) is 25.7 Å². The van der Waals surface area contributed by atoms with Gasteiger partial charge in [0.1, 0.15) is 0 Å². The molecular formula is C16H26ClN3. The van der Waals surface area contributed by atoms with E-state index in [2.05, 4.69) is 42.1 Å². The summed E-state index contributed by atoms with van der Waals surface area (Å²) < 4.78 is 0. The zero-order chi connectivity index (χ0) is 14.5. The van der Waals surface area contributed by atoms with Crippen molar-refractivity contribution in [3.05, 3.63) is 28.8 Å². The van der Waals surface area contributed by atoms with E-state index >= 15 is 0 Å². The first-order chi connectivity index (χ1) is 9.63. The fourth-order valence-electron chi connectivity index (χ4n) is 2.99. The molecule has 1 aromatic carbocycles. The van der Waals surface area contributed by atoms with Crippen molar-refractivity contribution in [2.75, 3.05) is 38.1 Å². The molecule has 1 heterocycles. The van der Waals surface area contributed by atoms with Gasteiger partial charge in [-0.2, -0.15) is 0 Å². The minimum atomic E-state index is 0.489. The topological polar surface area (TPSA) is 18.5 Å². The van der Waals surface area contributed by atoms with E-state index in [-0.39, 0.29) is 0 Å². The van der Waals surface area contributed by atoms with Crippen molar-refractivity contribution in [3.8, 4) is 0 Å². The van der Waals surface area contributed by atoms with E-state index in [1.54, 1.807) is 0 Å². The standard InChI is InChI=1S/C16H26ClN3/c1-4-18-11-14-7-5-8-15(17)16(14)20-10-6-9-19(3)12-13(20)2/h5,7-8,13,18H,4,6,9-12H2,1-3H3. The molecule has 1 aliphatic rings. The van der Waals surface area contributed by atoms with Gasteiger partial charge in [0.2, 0.25) is 0 Å². The van der Waals surface area contributed by atoms with Crippen LogP contribution in [0.1, 0.15) is 25.8 Å². The molecule has 0 bridgehead atoms. The van der Waals surface area contributed by atoms with Crippen molar-refractivity contribution in [1.29, 1.82) is 0 Å². The Labute approximate surface area is 127 Å². The summed E-state index contributed by atoms with van der Waals surface area (Å²) in [7, 11) is 2.20. The number of nitrogens with one attached hydrogen (secondary N) is 1. The first-order valence-electron chi connectivity index (χ1n) is 7.56. The molecule has 1 N–H and O–H groups in total. The Bertz CT molecular complexity index is 436. The average Bonchev–Trinajstić information content (AvgIpc) is 2.57. The molecule has 20 heavy (non-hydrogen) atoms. The number of anilines is 1. The number of rotatable bonds is 4. The highest BCUT2D eigenvalue weighted by molar-refractivity contribution is 6.33. The molecule has 0 amide bonds. The molecule has 3 nitrogen and oxygen atoms in total. The van der Waals surface area contributed by atoms with Crippen LogP contribution in [0.4, 0.5) is 5.69 Å². The lowest BCUT2D eigenvalue weighted by molar-refractivity contribution is 0.337. The van der Waals surface area contributed by atoms with Crippen molar-refractivity contribution in [2.45, 2.75) is 32.9 Å². The largest absolute Gasteiger partial charge is 0.366 e. The summed E-state index contributed by atoms with van der Waals surface area (Å²) in [5.41, 5.74) is 2.52. The average molecular weight is 296 g/mol. The van der Waals surface area contributed by atoms with Gasteiger partial charge in [-0.25, -0.2) is 0 Å². The number of para-hydroxylation sites is 1. The molecule has 1 atom stereocenters. The van der Waals surface area contributed by atoms with Gasteiger partial charge in [-0.3, -0.25) is 0 Å². The highest BCUT2D eigenvalue weighted by Gasteiger charge is 2.23. The number of halogens is 1. The lowest BCUT2D eigenvalue weighted by Gasteiger charge is -2.32. The Morgan fingerprint density at radius 2 is 2.15 bits per heavy atom. The number of nitrogens with zero attached hydrogens (tertiary/aromatic N) is 2. The Hall–Kier alpha value is -0.770. The third-order valence-corrected chi connectivity index (χ3v) is 4.27. The monoisotopic (exact) mass is 295 g/mol. The van der Waals surface area contributed by atoms with Crippen LogP contribution < -0.4 is 10.2 Å². The van der Waals surface area contributed by atoms with E-state index in [1.165, 1.54) is 17.7 Å². The number of benzene rings is 1. The number of likely N-dealkylation sites (N-methyl/N-ethyl adjacent to an activating group) is 1. The highest BCUT2D eigenvalue weighted by Crippen LogP contribution is 2.32. The number of hydrogen-bond donors (Lipinski definition) is 1.